The summed E-state index contributed by atoms with van der Waals surface area (Å²) in [6.07, 6.45) is 2.45. The number of benzene rings is 2. The minimum atomic E-state index is -0.700. The number of rotatable bonds is 8. The Kier molecular flexibility index (Phi) is 7.10. The molecule has 0 atom stereocenters. The highest BCUT2D eigenvalue weighted by Crippen LogP contribution is 2.35. The molecule has 0 fully saturated rings. The molecule has 0 spiro atoms. The van der Waals surface area contributed by atoms with Crippen LogP contribution in [0.3, 0.4) is 0 Å². The second kappa shape index (κ2) is 9.96. The third-order valence-corrected chi connectivity index (χ3v) is 5.03. The zero-order chi connectivity index (χ0) is 23.3. The normalized spacial score (nSPS) is 10.8. The van der Waals surface area contributed by atoms with Crippen LogP contribution < -0.4 is 15.8 Å². The Balaban J connectivity index is 1.96. The molecule has 2 amide bonds. The van der Waals surface area contributed by atoms with E-state index in [1.807, 2.05) is 13.8 Å². The number of esters is 1. The second-order valence-electron chi connectivity index (χ2n) is 7.86. The van der Waals surface area contributed by atoms with E-state index in [2.05, 4.69) is 5.32 Å². The van der Waals surface area contributed by atoms with E-state index < -0.39 is 11.8 Å². The van der Waals surface area contributed by atoms with E-state index in [-0.39, 0.29) is 23.0 Å². The van der Waals surface area contributed by atoms with Gasteiger partial charge in [-0.1, -0.05) is 38.1 Å². The van der Waals surface area contributed by atoms with Crippen molar-refractivity contribution in [1.82, 2.24) is 0 Å². The predicted molar refractivity (Wildman–Crippen MR) is 122 cm³/mol. The first-order valence-electron chi connectivity index (χ1n) is 10.4. The van der Waals surface area contributed by atoms with Crippen LogP contribution in [0.4, 0.5) is 5.69 Å². The Morgan fingerprint density at radius 1 is 1.03 bits per heavy atom. The molecule has 0 aliphatic rings. The molecule has 0 unspecified atom stereocenters. The number of hydrogen-bond donors (Lipinski definition) is 2. The summed E-state index contributed by atoms with van der Waals surface area (Å²) in [7, 11) is 0. The van der Waals surface area contributed by atoms with Crippen molar-refractivity contribution in [3.05, 3.63) is 71.7 Å². The Bertz CT molecular complexity index is 1130. The summed E-state index contributed by atoms with van der Waals surface area (Å²) in [5.41, 5.74) is 7.97. The molecule has 1 heterocycles. The quantitative estimate of drug-likeness (QED) is 0.385. The number of nitrogens with one attached hydrogen (secondary N) is 1. The summed E-state index contributed by atoms with van der Waals surface area (Å²) < 4.78 is 10.7. The average molecular weight is 434 g/mol. The largest absolute Gasteiger partial charge is 0.459 e. The van der Waals surface area contributed by atoms with Gasteiger partial charge < -0.3 is 20.2 Å². The fourth-order valence-corrected chi connectivity index (χ4v) is 3.34. The van der Waals surface area contributed by atoms with Crippen molar-refractivity contribution in [2.45, 2.75) is 33.6 Å². The van der Waals surface area contributed by atoms with Crippen LogP contribution >= 0.6 is 0 Å². The molecule has 3 N–H and O–H groups in total. The minimum Gasteiger partial charge on any atom is -0.459 e. The Morgan fingerprint density at radius 3 is 2.41 bits per heavy atom. The van der Waals surface area contributed by atoms with E-state index in [9.17, 15) is 14.4 Å². The predicted octanol–water partition coefficient (Wildman–Crippen LogP) is 4.95. The van der Waals surface area contributed by atoms with E-state index in [0.717, 1.165) is 6.42 Å². The van der Waals surface area contributed by atoms with Gasteiger partial charge in [0, 0.05) is 6.42 Å². The second-order valence-corrected chi connectivity index (χ2v) is 7.86. The van der Waals surface area contributed by atoms with Crippen molar-refractivity contribution in [3.8, 4) is 16.9 Å². The van der Waals surface area contributed by atoms with Gasteiger partial charge in [-0.2, -0.15) is 0 Å². The third-order valence-electron chi connectivity index (χ3n) is 5.03. The molecule has 7 heteroatoms. The zero-order valence-corrected chi connectivity index (χ0v) is 18.3. The van der Waals surface area contributed by atoms with Crippen LogP contribution in [0.5, 0.6) is 5.75 Å². The van der Waals surface area contributed by atoms with Gasteiger partial charge >= 0.3 is 5.97 Å². The number of carbonyl (C=O) groups excluding carboxylic acids is 3. The summed E-state index contributed by atoms with van der Waals surface area (Å²) in [4.78, 5) is 37.0. The van der Waals surface area contributed by atoms with E-state index in [1.54, 1.807) is 49.4 Å². The molecule has 3 aromatic rings. The summed E-state index contributed by atoms with van der Waals surface area (Å²) in [5, 5.41) is 2.68. The number of carbonyl (C=O) groups is 3. The first kappa shape index (κ1) is 22.8. The van der Waals surface area contributed by atoms with Crippen LogP contribution in [0.15, 0.2) is 59.2 Å². The van der Waals surface area contributed by atoms with Crippen molar-refractivity contribution in [3.63, 3.8) is 0 Å². The topological polar surface area (TPSA) is 112 Å². The maximum Gasteiger partial charge on any atom is 0.311 e. The van der Waals surface area contributed by atoms with Crippen molar-refractivity contribution in [2.75, 3.05) is 5.32 Å². The Morgan fingerprint density at radius 2 is 1.75 bits per heavy atom. The molecule has 2 aromatic carbocycles. The minimum absolute atomic E-state index is 0.109. The fourth-order valence-electron chi connectivity index (χ4n) is 3.34. The molecule has 0 saturated heterocycles. The summed E-state index contributed by atoms with van der Waals surface area (Å²) in [5.74, 6) is -0.594. The van der Waals surface area contributed by atoms with E-state index in [4.69, 9.17) is 14.9 Å². The first-order chi connectivity index (χ1) is 15.3. The lowest BCUT2D eigenvalue weighted by Gasteiger charge is -2.16. The molecule has 0 radical (unpaired) electrons. The third kappa shape index (κ3) is 5.24. The number of primary amides is 1. The molecule has 1 aromatic heterocycles. The maximum atomic E-state index is 12.4. The van der Waals surface area contributed by atoms with Gasteiger partial charge in [0.15, 0.2) is 5.76 Å². The standard InChI is InChI=1S/C25H26N2O5/c1-15(2)12-13-22(28)32-20-10-5-7-17(16(20)3)18-8-4-9-19(23(18)24(26)29)27-25(30)21-11-6-14-31-21/h4-11,14-15H,12-13H2,1-3H3,(H2,26,29)(H,27,30). The van der Waals surface area contributed by atoms with Gasteiger partial charge in [0.1, 0.15) is 5.75 Å². The van der Waals surface area contributed by atoms with Crippen LogP contribution in [-0.4, -0.2) is 17.8 Å². The number of amides is 2. The molecule has 0 aliphatic carbocycles. The molecular weight excluding hydrogens is 408 g/mol. The van der Waals surface area contributed by atoms with Crippen molar-refractivity contribution < 1.29 is 23.5 Å². The number of nitrogens with two attached hydrogens (primary N) is 1. The van der Waals surface area contributed by atoms with Crippen LogP contribution in [-0.2, 0) is 4.79 Å². The van der Waals surface area contributed by atoms with E-state index in [0.29, 0.717) is 34.8 Å². The monoisotopic (exact) mass is 434 g/mol. The first-order valence-corrected chi connectivity index (χ1v) is 10.4. The van der Waals surface area contributed by atoms with E-state index >= 15 is 0 Å². The number of furan rings is 1. The van der Waals surface area contributed by atoms with Crippen molar-refractivity contribution in [2.24, 2.45) is 11.7 Å². The Labute approximate surface area is 186 Å². The lowest BCUT2D eigenvalue weighted by molar-refractivity contribution is -0.134. The molecule has 32 heavy (non-hydrogen) atoms. The van der Waals surface area contributed by atoms with Gasteiger partial charge in [-0.05, 0) is 60.2 Å². The summed E-state index contributed by atoms with van der Waals surface area (Å²) >= 11 is 0. The van der Waals surface area contributed by atoms with Crippen molar-refractivity contribution >= 4 is 23.5 Å². The number of hydrogen-bond acceptors (Lipinski definition) is 5. The van der Waals surface area contributed by atoms with Gasteiger partial charge in [0.25, 0.3) is 11.8 Å². The molecule has 0 aliphatic heterocycles. The van der Waals surface area contributed by atoms with Crippen molar-refractivity contribution in [1.29, 1.82) is 0 Å². The molecular formula is C25H26N2O5. The van der Waals surface area contributed by atoms with Crippen LogP contribution in [0.2, 0.25) is 0 Å². The molecule has 7 nitrogen and oxygen atoms in total. The van der Waals surface area contributed by atoms with Crippen LogP contribution in [0.1, 0.15) is 53.2 Å². The van der Waals surface area contributed by atoms with Gasteiger partial charge in [-0.15, -0.1) is 0 Å². The lowest BCUT2D eigenvalue weighted by Crippen LogP contribution is -2.19. The summed E-state index contributed by atoms with van der Waals surface area (Å²) in [6.45, 7) is 5.89. The summed E-state index contributed by atoms with van der Waals surface area (Å²) in [6, 6.07) is 13.4. The SMILES string of the molecule is Cc1c(OC(=O)CCC(C)C)cccc1-c1cccc(NC(=O)c2ccco2)c1C(N)=O. The molecule has 0 bridgehead atoms. The van der Waals surface area contributed by atoms with Gasteiger partial charge in [0.2, 0.25) is 0 Å². The molecule has 166 valence electrons. The van der Waals surface area contributed by atoms with Crippen LogP contribution in [0, 0.1) is 12.8 Å². The van der Waals surface area contributed by atoms with E-state index in [1.165, 1.54) is 12.3 Å². The average Bonchev–Trinajstić information content (AvgIpc) is 3.28. The lowest BCUT2D eigenvalue weighted by atomic mass is 9.94. The smallest absolute Gasteiger partial charge is 0.311 e. The number of anilines is 1. The van der Waals surface area contributed by atoms with Gasteiger partial charge in [0.05, 0.1) is 17.5 Å². The van der Waals surface area contributed by atoms with Gasteiger partial charge in [-0.3, -0.25) is 14.4 Å². The fraction of sp³-hybridized carbons (Fsp3) is 0.240. The highest BCUT2D eigenvalue weighted by Gasteiger charge is 2.20. The molecule has 3 rings (SSSR count). The highest BCUT2D eigenvalue weighted by atomic mass is 16.5. The van der Waals surface area contributed by atoms with Crippen LogP contribution in [0.25, 0.3) is 11.1 Å². The maximum absolute atomic E-state index is 12.4. The van der Waals surface area contributed by atoms with Gasteiger partial charge in [-0.25, -0.2) is 0 Å². The zero-order valence-electron chi connectivity index (χ0n) is 18.3. The number of ether oxygens (including phenoxy) is 1. The molecule has 0 saturated carbocycles. The Hall–Kier alpha value is -3.87. The highest BCUT2D eigenvalue weighted by molar-refractivity contribution is 6.11.